The largest absolute Gasteiger partial charge is 0.508 e. The Hall–Kier alpha value is -1.60. The Balaban J connectivity index is 0.00000484. The molecular formula is C15H23ClF2N2O3. The first-order chi connectivity index (χ1) is 10.3. The van der Waals surface area contributed by atoms with Gasteiger partial charge in [-0.2, -0.15) is 8.78 Å². The highest BCUT2D eigenvalue weighted by Gasteiger charge is 2.48. The molecule has 0 heterocycles. The molecule has 0 aliphatic rings. The summed E-state index contributed by atoms with van der Waals surface area (Å²) in [6, 6.07) is 2.28. The standard InChI is InChI=1S/C15H22F2N2O3.ClH/c1-4-19(5-2)10-7-8-11(12(20)9-10)13(18)15(16,17)14(21)22-6-3;/h7-9,13,20H,4-6,18H2,1-3H3;1H/t13-;/m1./s1. The molecule has 0 saturated carbocycles. The van der Waals surface area contributed by atoms with Crippen molar-refractivity contribution in [2.24, 2.45) is 5.73 Å². The van der Waals surface area contributed by atoms with Gasteiger partial charge in [-0.1, -0.05) is 6.07 Å². The third kappa shape index (κ3) is 4.68. The quantitative estimate of drug-likeness (QED) is 0.738. The molecule has 3 N–H and O–H groups in total. The van der Waals surface area contributed by atoms with Crippen molar-refractivity contribution in [3.05, 3.63) is 23.8 Å². The maximum absolute atomic E-state index is 13.9. The number of nitrogens with two attached hydrogens (primary N) is 1. The molecule has 0 aliphatic heterocycles. The molecule has 1 atom stereocenters. The minimum atomic E-state index is -3.91. The number of ether oxygens (including phenoxy) is 1. The van der Waals surface area contributed by atoms with E-state index < -0.39 is 17.9 Å². The maximum Gasteiger partial charge on any atom is 0.379 e. The third-order valence-corrected chi connectivity index (χ3v) is 3.42. The fourth-order valence-corrected chi connectivity index (χ4v) is 2.13. The molecule has 132 valence electrons. The van der Waals surface area contributed by atoms with Crippen LogP contribution >= 0.6 is 12.4 Å². The molecule has 23 heavy (non-hydrogen) atoms. The van der Waals surface area contributed by atoms with Gasteiger partial charge in [0.1, 0.15) is 11.8 Å². The van der Waals surface area contributed by atoms with Gasteiger partial charge >= 0.3 is 11.9 Å². The first-order valence-corrected chi connectivity index (χ1v) is 7.17. The van der Waals surface area contributed by atoms with Crippen molar-refractivity contribution >= 4 is 24.1 Å². The number of carbonyl (C=O) groups excluding carboxylic acids is 1. The number of carbonyl (C=O) groups is 1. The summed E-state index contributed by atoms with van der Waals surface area (Å²) >= 11 is 0. The molecule has 1 aromatic carbocycles. The van der Waals surface area contributed by atoms with E-state index in [1.54, 1.807) is 6.07 Å². The zero-order chi connectivity index (χ0) is 16.9. The lowest BCUT2D eigenvalue weighted by Crippen LogP contribution is -2.41. The summed E-state index contributed by atoms with van der Waals surface area (Å²) in [5.41, 5.74) is 5.96. The second-order valence-electron chi connectivity index (χ2n) is 4.74. The van der Waals surface area contributed by atoms with Crippen molar-refractivity contribution in [3.8, 4) is 5.75 Å². The molecule has 0 fully saturated rings. The molecule has 0 saturated heterocycles. The van der Waals surface area contributed by atoms with Gasteiger partial charge in [0.25, 0.3) is 0 Å². The zero-order valence-corrected chi connectivity index (χ0v) is 14.2. The maximum atomic E-state index is 13.9. The van der Waals surface area contributed by atoms with Crippen LogP contribution in [0.4, 0.5) is 14.5 Å². The van der Waals surface area contributed by atoms with Crippen LogP contribution in [0.1, 0.15) is 32.4 Å². The highest BCUT2D eigenvalue weighted by molar-refractivity contribution is 5.85. The van der Waals surface area contributed by atoms with E-state index >= 15 is 0 Å². The average Bonchev–Trinajstić information content (AvgIpc) is 2.48. The Morgan fingerprint density at radius 1 is 1.35 bits per heavy atom. The van der Waals surface area contributed by atoms with E-state index in [0.717, 1.165) is 0 Å². The number of aromatic hydroxyl groups is 1. The fraction of sp³-hybridized carbons (Fsp3) is 0.533. The van der Waals surface area contributed by atoms with Crippen molar-refractivity contribution in [2.45, 2.75) is 32.7 Å². The van der Waals surface area contributed by atoms with Crippen LogP contribution in [-0.2, 0) is 9.53 Å². The minimum Gasteiger partial charge on any atom is -0.508 e. The van der Waals surface area contributed by atoms with Gasteiger partial charge in [-0.3, -0.25) is 0 Å². The van der Waals surface area contributed by atoms with Crippen LogP contribution in [0.25, 0.3) is 0 Å². The molecule has 0 spiro atoms. The summed E-state index contributed by atoms with van der Waals surface area (Å²) in [5, 5.41) is 9.98. The lowest BCUT2D eigenvalue weighted by Gasteiger charge is -2.25. The number of anilines is 1. The summed E-state index contributed by atoms with van der Waals surface area (Å²) in [4.78, 5) is 13.3. The molecule has 0 unspecified atom stereocenters. The minimum absolute atomic E-state index is 0. The molecule has 0 radical (unpaired) electrons. The van der Waals surface area contributed by atoms with Crippen LogP contribution in [0.3, 0.4) is 0 Å². The second kappa shape index (κ2) is 8.88. The van der Waals surface area contributed by atoms with Crippen LogP contribution < -0.4 is 10.6 Å². The number of esters is 1. The molecule has 0 bridgehead atoms. The fourth-order valence-electron chi connectivity index (χ4n) is 2.13. The lowest BCUT2D eigenvalue weighted by molar-refractivity contribution is -0.174. The van der Waals surface area contributed by atoms with Crippen LogP contribution in [0.15, 0.2) is 18.2 Å². The number of phenols is 1. The third-order valence-electron chi connectivity index (χ3n) is 3.42. The van der Waals surface area contributed by atoms with E-state index in [4.69, 9.17) is 5.73 Å². The highest BCUT2D eigenvalue weighted by atomic mass is 35.5. The number of alkyl halides is 2. The van der Waals surface area contributed by atoms with E-state index in [1.807, 2.05) is 18.7 Å². The second-order valence-corrected chi connectivity index (χ2v) is 4.74. The summed E-state index contributed by atoms with van der Waals surface area (Å²) in [5.74, 6) is -5.99. The summed E-state index contributed by atoms with van der Waals surface area (Å²) in [6.07, 6.45) is 0. The number of hydrogen-bond acceptors (Lipinski definition) is 5. The molecule has 1 rings (SSSR count). The topological polar surface area (TPSA) is 75.8 Å². The van der Waals surface area contributed by atoms with E-state index in [1.165, 1.54) is 19.1 Å². The van der Waals surface area contributed by atoms with Crippen LogP contribution in [0, 0.1) is 0 Å². The summed E-state index contributed by atoms with van der Waals surface area (Å²) in [6.45, 7) is 6.55. The van der Waals surface area contributed by atoms with E-state index in [9.17, 15) is 18.7 Å². The SMILES string of the molecule is CCOC(=O)C(F)(F)[C@H](N)c1ccc(N(CC)CC)cc1O.Cl. The Morgan fingerprint density at radius 3 is 2.35 bits per heavy atom. The van der Waals surface area contributed by atoms with Gasteiger partial charge in [-0.05, 0) is 26.8 Å². The smallest absolute Gasteiger partial charge is 0.379 e. The number of rotatable bonds is 7. The van der Waals surface area contributed by atoms with Gasteiger partial charge in [-0.25, -0.2) is 4.79 Å². The average molecular weight is 353 g/mol. The van der Waals surface area contributed by atoms with Crippen molar-refractivity contribution in [1.82, 2.24) is 0 Å². The van der Waals surface area contributed by atoms with Crippen LogP contribution in [0.5, 0.6) is 5.75 Å². The first kappa shape index (κ1) is 21.4. The molecule has 0 amide bonds. The molecule has 0 aromatic heterocycles. The van der Waals surface area contributed by atoms with Gasteiger partial charge in [0, 0.05) is 30.4 Å². The number of benzene rings is 1. The monoisotopic (exact) mass is 352 g/mol. The van der Waals surface area contributed by atoms with Gasteiger partial charge in [0.2, 0.25) is 0 Å². The van der Waals surface area contributed by atoms with Crippen LogP contribution in [0.2, 0.25) is 0 Å². The van der Waals surface area contributed by atoms with Gasteiger partial charge in [0.15, 0.2) is 0 Å². The Bertz CT molecular complexity index is 525. The molecule has 0 aliphatic carbocycles. The number of halogens is 3. The van der Waals surface area contributed by atoms with E-state index in [2.05, 4.69) is 4.74 Å². The Kier molecular flexibility index (Phi) is 8.26. The normalized spacial score (nSPS) is 12.3. The molecular weight excluding hydrogens is 330 g/mol. The molecule has 8 heteroatoms. The predicted molar refractivity (Wildman–Crippen MR) is 87.4 cm³/mol. The predicted octanol–water partition coefficient (Wildman–Crippen LogP) is 2.86. The number of phenolic OH excluding ortho intramolecular Hbond substituents is 1. The number of nitrogens with zero attached hydrogens (tertiary/aromatic N) is 1. The van der Waals surface area contributed by atoms with Gasteiger partial charge in [0.05, 0.1) is 6.61 Å². The molecule has 5 nitrogen and oxygen atoms in total. The first-order valence-electron chi connectivity index (χ1n) is 7.17. The lowest BCUT2D eigenvalue weighted by atomic mass is 9.99. The van der Waals surface area contributed by atoms with Crippen molar-refractivity contribution in [1.29, 1.82) is 0 Å². The van der Waals surface area contributed by atoms with Gasteiger partial charge in [-0.15, -0.1) is 12.4 Å². The van der Waals surface area contributed by atoms with Gasteiger partial charge < -0.3 is 20.5 Å². The van der Waals surface area contributed by atoms with Crippen molar-refractivity contribution in [3.63, 3.8) is 0 Å². The Labute approximate surface area is 140 Å². The van der Waals surface area contributed by atoms with E-state index in [-0.39, 0.29) is 30.3 Å². The molecule has 1 aromatic rings. The Morgan fingerprint density at radius 2 is 1.91 bits per heavy atom. The van der Waals surface area contributed by atoms with Crippen molar-refractivity contribution in [2.75, 3.05) is 24.6 Å². The summed E-state index contributed by atoms with van der Waals surface area (Å²) in [7, 11) is 0. The van der Waals surface area contributed by atoms with E-state index in [0.29, 0.717) is 18.8 Å². The van der Waals surface area contributed by atoms with Crippen LogP contribution in [-0.4, -0.2) is 36.7 Å². The number of hydrogen-bond donors (Lipinski definition) is 2. The summed E-state index contributed by atoms with van der Waals surface area (Å²) < 4.78 is 32.2. The zero-order valence-electron chi connectivity index (χ0n) is 13.4. The highest BCUT2D eigenvalue weighted by Crippen LogP contribution is 2.36. The van der Waals surface area contributed by atoms with Crippen molar-refractivity contribution < 1.29 is 23.4 Å².